The largest absolute Gasteiger partial charge is 0.451 e. The molecule has 1 atom stereocenters. The molecular weight excluding hydrogens is 476 g/mol. The molecule has 1 aromatic carbocycles. The SMILES string of the molecule is C.CC(C)([C@H]1CC(=O)N(c2cnc(C(F)(F)F)nc2)C1)S(=O)(=O)c1cccc(C(F)(F)F)c1. The fraction of sp³-hybridized carbons (Fsp3) is 0.450. The normalized spacial score (nSPS) is 17.8. The van der Waals surface area contributed by atoms with Crippen LogP contribution in [0.4, 0.5) is 32.0 Å². The summed E-state index contributed by atoms with van der Waals surface area (Å²) in [5, 5.41) is 0. The van der Waals surface area contributed by atoms with Crippen molar-refractivity contribution in [3.63, 3.8) is 0 Å². The number of rotatable bonds is 4. The Morgan fingerprint density at radius 3 is 2.09 bits per heavy atom. The summed E-state index contributed by atoms with van der Waals surface area (Å²) in [5.74, 6) is -2.81. The summed E-state index contributed by atoms with van der Waals surface area (Å²) < 4.78 is 102. The van der Waals surface area contributed by atoms with Crippen molar-refractivity contribution in [3.8, 4) is 0 Å². The van der Waals surface area contributed by atoms with Crippen molar-refractivity contribution in [2.45, 2.75) is 49.7 Å². The Balaban J connectivity index is 0.00000385. The molecule has 33 heavy (non-hydrogen) atoms. The number of benzene rings is 1. The number of hydrogen-bond acceptors (Lipinski definition) is 5. The van der Waals surface area contributed by atoms with E-state index in [2.05, 4.69) is 9.97 Å². The van der Waals surface area contributed by atoms with Gasteiger partial charge in [-0.05, 0) is 32.0 Å². The van der Waals surface area contributed by atoms with Crippen LogP contribution in [0.3, 0.4) is 0 Å². The highest BCUT2D eigenvalue weighted by molar-refractivity contribution is 7.92. The third kappa shape index (κ3) is 4.97. The van der Waals surface area contributed by atoms with Gasteiger partial charge in [-0.2, -0.15) is 26.3 Å². The summed E-state index contributed by atoms with van der Waals surface area (Å²) in [4.78, 5) is 19.4. The molecule has 0 radical (unpaired) electrons. The number of sulfone groups is 1. The molecule has 1 fully saturated rings. The van der Waals surface area contributed by atoms with Crippen LogP contribution >= 0.6 is 0 Å². The van der Waals surface area contributed by atoms with Crippen LogP contribution in [0, 0.1) is 5.92 Å². The van der Waals surface area contributed by atoms with Gasteiger partial charge < -0.3 is 4.90 Å². The van der Waals surface area contributed by atoms with Crippen LogP contribution in [0.1, 0.15) is 39.1 Å². The van der Waals surface area contributed by atoms with E-state index in [1.807, 2.05) is 0 Å². The molecule has 1 aliphatic rings. The van der Waals surface area contributed by atoms with Crippen LogP contribution in [-0.4, -0.2) is 35.6 Å². The van der Waals surface area contributed by atoms with E-state index < -0.39 is 55.0 Å². The second kappa shape index (κ2) is 8.58. The molecule has 182 valence electrons. The van der Waals surface area contributed by atoms with Crippen LogP contribution in [0.25, 0.3) is 0 Å². The van der Waals surface area contributed by atoms with Crippen LogP contribution < -0.4 is 4.90 Å². The molecule has 0 unspecified atom stereocenters. The lowest BCUT2D eigenvalue weighted by Gasteiger charge is -2.31. The number of nitrogens with zero attached hydrogens (tertiary/aromatic N) is 3. The lowest BCUT2D eigenvalue weighted by molar-refractivity contribution is -0.145. The van der Waals surface area contributed by atoms with E-state index >= 15 is 0 Å². The van der Waals surface area contributed by atoms with Crippen LogP contribution in [0.15, 0.2) is 41.6 Å². The Morgan fingerprint density at radius 2 is 1.58 bits per heavy atom. The summed E-state index contributed by atoms with van der Waals surface area (Å²) in [6.45, 7) is 2.42. The zero-order valence-corrected chi connectivity index (χ0v) is 17.5. The Hall–Kier alpha value is -2.70. The van der Waals surface area contributed by atoms with Crippen molar-refractivity contribution in [2.75, 3.05) is 11.4 Å². The Morgan fingerprint density at radius 1 is 1.00 bits per heavy atom. The van der Waals surface area contributed by atoms with Crippen molar-refractivity contribution in [1.82, 2.24) is 9.97 Å². The van der Waals surface area contributed by atoms with Gasteiger partial charge >= 0.3 is 12.4 Å². The highest BCUT2D eigenvalue weighted by Gasteiger charge is 2.49. The smallest absolute Gasteiger partial charge is 0.309 e. The molecule has 2 aromatic rings. The minimum absolute atomic E-state index is 0. The third-order valence-electron chi connectivity index (χ3n) is 5.48. The molecule has 1 aromatic heterocycles. The number of carbonyl (C=O) groups is 1. The van der Waals surface area contributed by atoms with Crippen molar-refractivity contribution >= 4 is 21.4 Å². The van der Waals surface area contributed by atoms with Gasteiger partial charge in [0.1, 0.15) is 0 Å². The second-order valence-corrected chi connectivity index (χ2v) is 10.3. The number of halogens is 6. The lowest BCUT2D eigenvalue weighted by atomic mass is 9.94. The molecule has 1 amide bonds. The molecule has 0 saturated carbocycles. The predicted octanol–water partition coefficient (Wildman–Crippen LogP) is 4.76. The molecule has 3 rings (SSSR count). The molecule has 0 aliphatic carbocycles. The maximum absolute atomic E-state index is 13.2. The summed E-state index contributed by atoms with van der Waals surface area (Å²) in [5.41, 5.74) is -1.17. The topological polar surface area (TPSA) is 80.2 Å². The van der Waals surface area contributed by atoms with Crippen LogP contribution in [0.5, 0.6) is 0 Å². The monoisotopic (exact) mass is 497 g/mol. The first kappa shape index (κ1) is 26.6. The van der Waals surface area contributed by atoms with Gasteiger partial charge in [-0.1, -0.05) is 13.5 Å². The van der Waals surface area contributed by atoms with E-state index in [4.69, 9.17) is 0 Å². The van der Waals surface area contributed by atoms with Crippen molar-refractivity contribution in [2.24, 2.45) is 5.92 Å². The van der Waals surface area contributed by atoms with Gasteiger partial charge in [0.05, 0.1) is 33.3 Å². The van der Waals surface area contributed by atoms with E-state index in [1.165, 1.54) is 13.8 Å². The standard InChI is InChI=1S/C19H17F6N3O3S.CH4/c1-17(2,32(30,31)14-5-3-4-11(6-14)18(20,21)22)12-7-15(29)28(10-12)13-8-26-16(27-9-13)19(23,24)25;/h3-6,8-9,12H,7,10H2,1-2H3;1H4/t12-;/m0./s1. The van der Waals surface area contributed by atoms with Crippen molar-refractivity contribution in [1.29, 1.82) is 0 Å². The number of aromatic nitrogens is 2. The first-order valence-corrected chi connectivity index (χ1v) is 10.6. The highest BCUT2D eigenvalue weighted by Crippen LogP contribution is 2.40. The molecule has 6 nitrogen and oxygen atoms in total. The van der Waals surface area contributed by atoms with Gasteiger partial charge in [0.25, 0.3) is 0 Å². The predicted molar refractivity (Wildman–Crippen MR) is 107 cm³/mol. The first-order valence-electron chi connectivity index (χ1n) is 9.16. The molecule has 1 saturated heterocycles. The lowest BCUT2D eigenvalue weighted by Crippen LogP contribution is -2.41. The molecule has 2 heterocycles. The minimum atomic E-state index is -4.77. The molecule has 0 N–H and O–H groups in total. The molecule has 13 heteroatoms. The summed E-state index contributed by atoms with van der Waals surface area (Å²) in [6, 6.07) is 3.31. The van der Waals surface area contributed by atoms with Gasteiger partial charge in [0.15, 0.2) is 9.84 Å². The molecule has 1 aliphatic heterocycles. The van der Waals surface area contributed by atoms with Gasteiger partial charge in [0.2, 0.25) is 11.7 Å². The van der Waals surface area contributed by atoms with E-state index in [0.717, 1.165) is 35.5 Å². The van der Waals surface area contributed by atoms with Crippen LogP contribution in [-0.2, 0) is 27.0 Å². The molecular formula is C20H21F6N3O3S. The first-order chi connectivity index (χ1) is 14.5. The third-order valence-corrected chi connectivity index (χ3v) is 8.07. The van der Waals surface area contributed by atoms with E-state index in [-0.39, 0.29) is 26.1 Å². The average Bonchev–Trinajstić information content (AvgIpc) is 3.09. The second-order valence-electron chi connectivity index (χ2n) is 7.80. The van der Waals surface area contributed by atoms with Gasteiger partial charge in [-0.3, -0.25) is 4.79 Å². The maximum Gasteiger partial charge on any atom is 0.451 e. The quantitative estimate of drug-likeness (QED) is 0.570. The summed E-state index contributed by atoms with van der Waals surface area (Å²) >= 11 is 0. The van der Waals surface area contributed by atoms with Crippen molar-refractivity contribution < 1.29 is 39.6 Å². The van der Waals surface area contributed by atoms with Gasteiger partial charge in [-0.25, -0.2) is 18.4 Å². The van der Waals surface area contributed by atoms with Gasteiger partial charge in [0, 0.05) is 18.9 Å². The summed E-state index contributed by atoms with van der Waals surface area (Å²) in [6.07, 6.45) is -8.16. The zero-order valence-electron chi connectivity index (χ0n) is 16.7. The number of amides is 1. The molecule has 0 spiro atoms. The Kier molecular flexibility index (Phi) is 6.90. The van der Waals surface area contributed by atoms with Gasteiger partial charge in [-0.15, -0.1) is 0 Å². The maximum atomic E-state index is 13.2. The fourth-order valence-corrected chi connectivity index (χ4v) is 5.14. The Bertz CT molecular complexity index is 1130. The van der Waals surface area contributed by atoms with E-state index in [9.17, 15) is 39.6 Å². The molecule has 0 bridgehead atoms. The van der Waals surface area contributed by atoms with E-state index in [0.29, 0.717) is 6.07 Å². The summed E-state index contributed by atoms with van der Waals surface area (Å²) in [7, 11) is -4.32. The van der Waals surface area contributed by atoms with Crippen molar-refractivity contribution in [3.05, 3.63) is 48.0 Å². The van der Waals surface area contributed by atoms with Crippen LogP contribution in [0.2, 0.25) is 0 Å². The van der Waals surface area contributed by atoms with E-state index in [1.54, 1.807) is 0 Å². The minimum Gasteiger partial charge on any atom is -0.309 e. The number of hydrogen-bond donors (Lipinski definition) is 0. The average molecular weight is 497 g/mol. The number of carbonyl (C=O) groups excluding carboxylic acids is 1. The zero-order chi connectivity index (χ0) is 24.1. The fourth-order valence-electron chi connectivity index (χ4n) is 3.39. The number of alkyl halides is 6. The highest BCUT2D eigenvalue weighted by atomic mass is 32.2. The Labute approximate surface area is 186 Å². The number of anilines is 1.